The van der Waals surface area contributed by atoms with Crippen LogP contribution in [0.2, 0.25) is 0 Å². The number of rotatable bonds is 2. The molecule has 0 aliphatic heterocycles. The van der Waals surface area contributed by atoms with E-state index in [0.717, 1.165) is 0 Å². The van der Waals surface area contributed by atoms with Crippen LogP contribution in [0.3, 0.4) is 0 Å². The van der Waals surface area contributed by atoms with E-state index in [2.05, 4.69) is 31.2 Å². The molecule has 0 aromatic heterocycles. The van der Waals surface area contributed by atoms with E-state index in [1.54, 1.807) is 0 Å². The summed E-state index contributed by atoms with van der Waals surface area (Å²) in [5.41, 5.74) is 13.6. The molecular weight excluding hydrogens is 148 g/mol. The zero-order valence-electron chi connectivity index (χ0n) is 7.62. The van der Waals surface area contributed by atoms with Gasteiger partial charge < -0.3 is 11.5 Å². The molecular formula is C10H16N2. The van der Waals surface area contributed by atoms with E-state index in [1.807, 2.05) is 6.92 Å². The van der Waals surface area contributed by atoms with Gasteiger partial charge in [-0.2, -0.15) is 0 Å². The monoisotopic (exact) mass is 164 g/mol. The molecule has 0 saturated carbocycles. The summed E-state index contributed by atoms with van der Waals surface area (Å²) in [5, 5.41) is 0. The summed E-state index contributed by atoms with van der Waals surface area (Å²) in [6, 6.07) is 8.31. The first kappa shape index (κ1) is 9.23. The van der Waals surface area contributed by atoms with Gasteiger partial charge in [-0.25, -0.2) is 0 Å². The second-order valence-electron chi connectivity index (χ2n) is 3.28. The van der Waals surface area contributed by atoms with E-state index in [1.165, 1.54) is 11.1 Å². The van der Waals surface area contributed by atoms with Crippen molar-refractivity contribution >= 4 is 0 Å². The van der Waals surface area contributed by atoms with Crippen molar-refractivity contribution in [3.8, 4) is 0 Å². The highest BCUT2D eigenvalue weighted by atomic mass is 14.9. The van der Waals surface area contributed by atoms with Crippen molar-refractivity contribution in [3.63, 3.8) is 0 Å². The van der Waals surface area contributed by atoms with Gasteiger partial charge in [0.1, 0.15) is 0 Å². The van der Waals surface area contributed by atoms with Gasteiger partial charge in [-0.15, -0.1) is 0 Å². The van der Waals surface area contributed by atoms with Crippen LogP contribution in [0.15, 0.2) is 24.3 Å². The minimum Gasteiger partial charge on any atom is -0.316 e. The smallest absolute Gasteiger partial charge is 0.0588 e. The molecule has 0 fully saturated rings. The summed E-state index contributed by atoms with van der Waals surface area (Å²) >= 11 is 0. The largest absolute Gasteiger partial charge is 0.316 e. The molecule has 2 heteroatoms. The first-order valence-corrected chi connectivity index (χ1v) is 4.19. The fourth-order valence-electron chi connectivity index (χ4n) is 1.09. The standard InChI is InChI=1S/C10H16N2/c1-7-3-5-9(6-4-7)8(2)10(11)12/h3-6,8,10H,11-12H2,1-2H3. The molecule has 1 atom stereocenters. The predicted molar refractivity (Wildman–Crippen MR) is 51.8 cm³/mol. The van der Waals surface area contributed by atoms with Crippen LogP contribution in [0, 0.1) is 6.92 Å². The van der Waals surface area contributed by atoms with E-state index in [4.69, 9.17) is 11.5 Å². The van der Waals surface area contributed by atoms with Crippen molar-refractivity contribution in [1.82, 2.24) is 0 Å². The third kappa shape index (κ3) is 2.06. The van der Waals surface area contributed by atoms with Crippen molar-refractivity contribution in [2.75, 3.05) is 0 Å². The molecule has 0 saturated heterocycles. The second-order valence-corrected chi connectivity index (χ2v) is 3.28. The van der Waals surface area contributed by atoms with Gasteiger partial charge in [0.15, 0.2) is 0 Å². The van der Waals surface area contributed by atoms with Crippen LogP contribution in [0.25, 0.3) is 0 Å². The molecule has 1 rings (SSSR count). The molecule has 66 valence electrons. The van der Waals surface area contributed by atoms with Gasteiger partial charge in [0.2, 0.25) is 0 Å². The maximum Gasteiger partial charge on any atom is 0.0588 e. The van der Waals surface area contributed by atoms with Crippen molar-refractivity contribution < 1.29 is 0 Å². The van der Waals surface area contributed by atoms with Gasteiger partial charge in [-0.1, -0.05) is 36.8 Å². The molecule has 0 heterocycles. The van der Waals surface area contributed by atoms with Crippen molar-refractivity contribution in [2.45, 2.75) is 25.9 Å². The highest BCUT2D eigenvalue weighted by Gasteiger charge is 2.09. The maximum atomic E-state index is 5.58. The molecule has 0 amide bonds. The Bertz CT molecular complexity index is 239. The molecule has 1 unspecified atom stereocenters. The highest BCUT2D eigenvalue weighted by Crippen LogP contribution is 2.15. The summed E-state index contributed by atoms with van der Waals surface area (Å²) in [6.45, 7) is 4.10. The average molecular weight is 164 g/mol. The molecule has 0 aliphatic rings. The Kier molecular flexibility index (Phi) is 2.84. The number of nitrogens with two attached hydrogens (primary N) is 2. The van der Waals surface area contributed by atoms with Gasteiger partial charge in [0.05, 0.1) is 6.17 Å². The molecule has 12 heavy (non-hydrogen) atoms. The first-order chi connectivity index (χ1) is 5.61. The summed E-state index contributed by atoms with van der Waals surface area (Å²) in [4.78, 5) is 0. The normalized spacial score (nSPS) is 13.4. The summed E-state index contributed by atoms with van der Waals surface area (Å²) in [7, 11) is 0. The maximum absolute atomic E-state index is 5.58. The summed E-state index contributed by atoms with van der Waals surface area (Å²) in [5.74, 6) is 0.227. The lowest BCUT2D eigenvalue weighted by Crippen LogP contribution is -2.35. The molecule has 1 aromatic carbocycles. The lowest BCUT2D eigenvalue weighted by Gasteiger charge is -2.15. The molecule has 0 aliphatic carbocycles. The summed E-state index contributed by atoms with van der Waals surface area (Å²) in [6.07, 6.45) is -0.271. The van der Waals surface area contributed by atoms with Crippen LogP contribution in [0.1, 0.15) is 24.0 Å². The van der Waals surface area contributed by atoms with E-state index in [-0.39, 0.29) is 12.1 Å². The van der Waals surface area contributed by atoms with Gasteiger partial charge in [-0.3, -0.25) is 0 Å². The number of aryl methyl sites for hydroxylation is 1. The Balaban J connectivity index is 2.82. The van der Waals surface area contributed by atoms with Crippen LogP contribution in [-0.2, 0) is 0 Å². The van der Waals surface area contributed by atoms with Crippen LogP contribution in [-0.4, -0.2) is 6.17 Å². The Hall–Kier alpha value is -0.860. The topological polar surface area (TPSA) is 52.0 Å². The van der Waals surface area contributed by atoms with Crippen LogP contribution in [0.4, 0.5) is 0 Å². The average Bonchev–Trinajstić information content (AvgIpc) is 2.04. The Morgan fingerprint density at radius 1 is 1.08 bits per heavy atom. The Labute approximate surface area is 73.6 Å². The quantitative estimate of drug-likeness (QED) is 0.648. The zero-order valence-corrected chi connectivity index (χ0v) is 7.62. The number of benzene rings is 1. The lowest BCUT2D eigenvalue weighted by atomic mass is 9.98. The van der Waals surface area contributed by atoms with E-state index in [9.17, 15) is 0 Å². The van der Waals surface area contributed by atoms with Crippen molar-refractivity contribution in [3.05, 3.63) is 35.4 Å². The van der Waals surface area contributed by atoms with Crippen LogP contribution >= 0.6 is 0 Å². The van der Waals surface area contributed by atoms with Crippen LogP contribution < -0.4 is 11.5 Å². The number of hydrogen-bond donors (Lipinski definition) is 2. The third-order valence-electron chi connectivity index (χ3n) is 2.18. The van der Waals surface area contributed by atoms with Gasteiger partial charge >= 0.3 is 0 Å². The predicted octanol–water partition coefficient (Wildman–Crippen LogP) is 1.34. The highest BCUT2D eigenvalue weighted by molar-refractivity contribution is 5.24. The van der Waals surface area contributed by atoms with E-state index >= 15 is 0 Å². The summed E-state index contributed by atoms with van der Waals surface area (Å²) < 4.78 is 0. The molecule has 0 radical (unpaired) electrons. The fraction of sp³-hybridized carbons (Fsp3) is 0.400. The fourth-order valence-corrected chi connectivity index (χ4v) is 1.09. The molecule has 2 nitrogen and oxygen atoms in total. The zero-order chi connectivity index (χ0) is 9.14. The van der Waals surface area contributed by atoms with Crippen molar-refractivity contribution in [2.24, 2.45) is 11.5 Å². The van der Waals surface area contributed by atoms with Crippen molar-refractivity contribution in [1.29, 1.82) is 0 Å². The van der Waals surface area contributed by atoms with Gasteiger partial charge in [0, 0.05) is 5.92 Å². The minimum absolute atomic E-state index is 0.227. The van der Waals surface area contributed by atoms with Gasteiger partial charge in [0.25, 0.3) is 0 Å². The molecule has 4 N–H and O–H groups in total. The Morgan fingerprint density at radius 2 is 1.58 bits per heavy atom. The molecule has 1 aromatic rings. The number of hydrogen-bond acceptors (Lipinski definition) is 2. The van der Waals surface area contributed by atoms with E-state index < -0.39 is 0 Å². The third-order valence-corrected chi connectivity index (χ3v) is 2.18. The molecule has 0 spiro atoms. The second kappa shape index (κ2) is 3.70. The van der Waals surface area contributed by atoms with Crippen LogP contribution in [0.5, 0.6) is 0 Å². The van der Waals surface area contributed by atoms with Gasteiger partial charge in [-0.05, 0) is 12.5 Å². The molecule has 0 bridgehead atoms. The first-order valence-electron chi connectivity index (χ1n) is 4.19. The van der Waals surface area contributed by atoms with E-state index in [0.29, 0.717) is 0 Å². The SMILES string of the molecule is Cc1ccc(C(C)C(N)N)cc1. The Morgan fingerprint density at radius 3 is 2.00 bits per heavy atom. The minimum atomic E-state index is -0.271. The lowest BCUT2D eigenvalue weighted by molar-refractivity contribution is 0.588.